The Morgan fingerprint density at radius 3 is 2.67 bits per heavy atom. The van der Waals surface area contributed by atoms with E-state index in [1.807, 2.05) is 19.2 Å². The van der Waals surface area contributed by atoms with Gasteiger partial charge < -0.3 is 10.2 Å². The van der Waals surface area contributed by atoms with Crippen molar-refractivity contribution >= 4 is 0 Å². The molecule has 0 aromatic heterocycles. The summed E-state index contributed by atoms with van der Waals surface area (Å²) in [6.07, 6.45) is 2.37. The van der Waals surface area contributed by atoms with E-state index >= 15 is 0 Å². The summed E-state index contributed by atoms with van der Waals surface area (Å²) in [5.41, 5.74) is 1.95. The topological polar surface area (TPSA) is 18.5 Å². The Morgan fingerprint density at radius 1 is 1.33 bits per heavy atom. The minimum Gasteiger partial charge on any atom is -0.316 e. The predicted molar refractivity (Wildman–Crippen MR) is 85.8 cm³/mol. The number of benzene rings is 1. The molecule has 0 saturated carbocycles. The summed E-state index contributed by atoms with van der Waals surface area (Å²) >= 11 is 0. The predicted octanol–water partition coefficient (Wildman–Crippen LogP) is 2.46. The second-order valence-electron chi connectivity index (χ2n) is 6.04. The zero-order valence-corrected chi connectivity index (χ0v) is 13.5. The van der Waals surface area contributed by atoms with E-state index in [0.717, 1.165) is 37.3 Å². The Kier molecular flexibility index (Phi) is 6.15. The van der Waals surface area contributed by atoms with Gasteiger partial charge in [-0.3, -0.25) is 4.90 Å². The average molecular weight is 293 g/mol. The molecule has 1 aromatic rings. The Labute approximate surface area is 128 Å². The van der Waals surface area contributed by atoms with E-state index in [1.165, 1.54) is 12.8 Å². The number of likely N-dealkylation sites (tertiary alicyclic amines) is 1. The van der Waals surface area contributed by atoms with E-state index in [-0.39, 0.29) is 5.82 Å². The minimum absolute atomic E-state index is 0.0901. The van der Waals surface area contributed by atoms with Crippen LogP contribution in [0.25, 0.3) is 0 Å². The van der Waals surface area contributed by atoms with Gasteiger partial charge in [-0.1, -0.05) is 19.1 Å². The molecule has 0 spiro atoms. The van der Waals surface area contributed by atoms with Crippen molar-refractivity contribution in [3.63, 3.8) is 0 Å². The van der Waals surface area contributed by atoms with E-state index in [0.29, 0.717) is 12.6 Å². The quantitative estimate of drug-likeness (QED) is 0.869. The largest absolute Gasteiger partial charge is 0.316 e. The van der Waals surface area contributed by atoms with Gasteiger partial charge >= 0.3 is 0 Å². The molecule has 1 saturated heterocycles. The lowest BCUT2D eigenvalue weighted by Gasteiger charge is -2.36. The van der Waals surface area contributed by atoms with E-state index in [2.05, 4.69) is 29.1 Å². The minimum atomic E-state index is -0.0901. The summed E-state index contributed by atoms with van der Waals surface area (Å²) in [6, 6.07) is 6.01. The van der Waals surface area contributed by atoms with Crippen LogP contribution in [0, 0.1) is 5.82 Å². The molecule has 21 heavy (non-hydrogen) atoms. The molecule has 1 aliphatic heterocycles. The Balaban J connectivity index is 1.96. The Bertz CT molecular complexity index is 442. The lowest BCUT2D eigenvalue weighted by atomic mass is 10.0. The highest BCUT2D eigenvalue weighted by atomic mass is 19.1. The van der Waals surface area contributed by atoms with Crippen molar-refractivity contribution in [2.24, 2.45) is 0 Å². The van der Waals surface area contributed by atoms with Crippen molar-refractivity contribution in [1.82, 2.24) is 15.1 Å². The molecule has 3 nitrogen and oxygen atoms in total. The van der Waals surface area contributed by atoms with Crippen molar-refractivity contribution in [2.75, 3.05) is 33.7 Å². The molecule has 1 N–H and O–H groups in total. The highest BCUT2D eigenvalue weighted by Gasteiger charge is 2.22. The molecular formula is C17H28FN3. The molecule has 0 unspecified atom stereocenters. The first-order chi connectivity index (χ1) is 10.1. The van der Waals surface area contributed by atoms with E-state index in [1.54, 1.807) is 6.07 Å². The van der Waals surface area contributed by atoms with Crippen molar-refractivity contribution < 1.29 is 4.39 Å². The molecule has 0 aliphatic carbocycles. The lowest BCUT2D eigenvalue weighted by molar-refractivity contribution is 0.126. The van der Waals surface area contributed by atoms with Crippen LogP contribution in [0.2, 0.25) is 0 Å². The normalized spacial score (nSPS) is 17.6. The third-order valence-corrected chi connectivity index (χ3v) is 4.54. The molecule has 2 rings (SSSR count). The SMILES string of the molecule is CCN1CCC(N(C)Cc2cc(CNC)ccc2F)CC1. The molecule has 1 heterocycles. The molecule has 4 heteroatoms. The second-order valence-corrected chi connectivity index (χ2v) is 6.04. The van der Waals surface area contributed by atoms with Crippen LogP contribution in [0.4, 0.5) is 4.39 Å². The molecule has 1 aliphatic rings. The maximum atomic E-state index is 14.0. The van der Waals surface area contributed by atoms with Crippen molar-refractivity contribution in [3.05, 3.63) is 35.1 Å². The van der Waals surface area contributed by atoms with Crippen molar-refractivity contribution in [3.8, 4) is 0 Å². The number of nitrogens with one attached hydrogen (secondary N) is 1. The van der Waals surface area contributed by atoms with Crippen LogP contribution in [0.15, 0.2) is 18.2 Å². The first kappa shape index (κ1) is 16.4. The maximum absolute atomic E-state index is 14.0. The van der Waals surface area contributed by atoms with E-state index < -0.39 is 0 Å². The average Bonchev–Trinajstić information content (AvgIpc) is 2.51. The first-order valence-corrected chi connectivity index (χ1v) is 7.98. The van der Waals surface area contributed by atoms with E-state index in [4.69, 9.17) is 0 Å². The highest BCUT2D eigenvalue weighted by molar-refractivity contribution is 5.25. The van der Waals surface area contributed by atoms with Gasteiger partial charge in [-0.25, -0.2) is 4.39 Å². The van der Waals surface area contributed by atoms with Gasteiger partial charge in [-0.2, -0.15) is 0 Å². The van der Waals surface area contributed by atoms with Gasteiger partial charge in [0.25, 0.3) is 0 Å². The third-order valence-electron chi connectivity index (χ3n) is 4.54. The number of hydrogen-bond donors (Lipinski definition) is 1. The lowest BCUT2D eigenvalue weighted by Crippen LogP contribution is -2.43. The monoisotopic (exact) mass is 293 g/mol. The van der Waals surface area contributed by atoms with Gasteiger partial charge in [0.1, 0.15) is 5.82 Å². The third kappa shape index (κ3) is 4.50. The zero-order valence-electron chi connectivity index (χ0n) is 13.5. The van der Waals surface area contributed by atoms with Gasteiger partial charge in [-0.15, -0.1) is 0 Å². The van der Waals surface area contributed by atoms with Crippen LogP contribution in [-0.2, 0) is 13.1 Å². The van der Waals surface area contributed by atoms with Crippen LogP contribution in [0.5, 0.6) is 0 Å². The van der Waals surface area contributed by atoms with Crippen LogP contribution in [0.1, 0.15) is 30.9 Å². The number of rotatable bonds is 6. The van der Waals surface area contributed by atoms with E-state index in [9.17, 15) is 4.39 Å². The molecule has 0 atom stereocenters. The fraction of sp³-hybridized carbons (Fsp3) is 0.647. The summed E-state index contributed by atoms with van der Waals surface area (Å²) in [5.74, 6) is -0.0901. The zero-order chi connectivity index (χ0) is 15.2. The second kappa shape index (κ2) is 7.87. The van der Waals surface area contributed by atoms with Crippen molar-refractivity contribution in [2.45, 2.75) is 38.9 Å². The van der Waals surface area contributed by atoms with Crippen LogP contribution in [-0.4, -0.2) is 49.6 Å². The molecule has 1 fully saturated rings. The smallest absolute Gasteiger partial charge is 0.127 e. The van der Waals surface area contributed by atoms with Gasteiger partial charge in [0.05, 0.1) is 0 Å². The Hall–Kier alpha value is -0.970. The van der Waals surface area contributed by atoms with Crippen molar-refractivity contribution in [1.29, 1.82) is 0 Å². The highest BCUT2D eigenvalue weighted by Crippen LogP contribution is 2.19. The van der Waals surface area contributed by atoms with Gasteiger partial charge in [0.2, 0.25) is 0 Å². The molecule has 0 bridgehead atoms. The summed E-state index contributed by atoms with van der Waals surface area (Å²) in [6.45, 7) is 7.15. The molecule has 118 valence electrons. The molecule has 0 amide bonds. The van der Waals surface area contributed by atoms with Crippen LogP contribution >= 0.6 is 0 Å². The fourth-order valence-electron chi connectivity index (χ4n) is 3.14. The first-order valence-electron chi connectivity index (χ1n) is 7.98. The van der Waals surface area contributed by atoms with Gasteiger partial charge in [-0.05, 0) is 58.2 Å². The number of nitrogens with zero attached hydrogens (tertiary/aromatic N) is 2. The summed E-state index contributed by atoms with van der Waals surface area (Å²) in [5, 5.41) is 3.12. The van der Waals surface area contributed by atoms with Crippen LogP contribution in [0.3, 0.4) is 0 Å². The number of piperidine rings is 1. The number of hydrogen-bond acceptors (Lipinski definition) is 3. The van der Waals surface area contributed by atoms with Gasteiger partial charge in [0, 0.05) is 24.7 Å². The number of halogens is 1. The van der Waals surface area contributed by atoms with Gasteiger partial charge in [0.15, 0.2) is 0 Å². The fourth-order valence-corrected chi connectivity index (χ4v) is 3.14. The summed E-state index contributed by atoms with van der Waals surface area (Å²) < 4.78 is 14.0. The summed E-state index contributed by atoms with van der Waals surface area (Å²) in [4.78, 5) is 4.80. The maximum Gasteiger partial charge on any atom is 0.127 e. The van der Waals surface area contributed by atoms with Crippen LogP contribution < -0.4 is 5.32 Å². The Morgan fingerprint density at radius 2 is 2.05 bits per heavy atom. The molecule has 0 radical (unpaired) electrons. The molecular weight excluding hydrogens is 265 g/mol. The standard InChI is InChI=1S/C17H28FN3/c1-4-21-9-7-16(8-10-21)20(3)13-15-11-14(12-19-2)5-6-17(15)18/h5-6,11,16,19H,4,7-10,12-13H2,1-3H3. The summed E-state index contributed by atoms with van der Waals surface area (Å²) in [7, 11) is 4.03. The molecule has 1 aromatic carbocycles.